The van der Waals surface area contributed by atoms with Crippen LogP contribution in [0.3, 0.4) is 0 Å². The lowest BCUT2D eigenvalue weighted by Gasteiger charge is -2.12. The van der Waals surface area contributed by atoms with Crippen molar-refractivity contribution in [3.8, 4) is 11.3 Å². The number of benzene rings is 2. The molecule has 2 aromatic heterocycles. The van der Waals surface area contributed by atoms with Gasteiger partial charge in [-0.1, -0.05) is 69.4 Å². The van der Waals surface area contributed by atoms with Crippen molar-refractivity contribution in [3.05, 3.63) is 96.2 Å². The van der Waals surface area contributed by atoms with Gasteiger partial charge in [0.15, 0.2) is 0 Å². The van der Waals surface area contributed by atoms with E-state index < -0.39 is 16.1 Å². The Labute approximate surface area is 250 Å². The van der Waals surface area contributed by atoms with Gasteiger partial charge in [-0.2, -0.15) is 0 Å². The van der Waals surface area contributed by atoms with E-state index in [9.17, 15) is 13.5 Å². The van der Waals surface area contributed by atoms with Crippen molar-refractivity contribution in [1.82, 2.24) is 19.9 Å². The molecule has 4 rings (SSSR count). The molecule has 9 heteroatoms. The summed E-state index contributed by atoms with van der Waals surface area (Å²) >= 11 is 0. The number of aliphatic hydroxyl groups excluding tert-OH is 1. The average molecular weight is 590 g/mol. The number of aliphatic hydroxyl groups is 1. The Morgan fingerprint density at radius 2 is 1.64 bits per heavy atom. The Kier molecular flexibility index (Phi) is 11.7. The normalized spacial score (nSPS) is 12.4. The molecule has 0 aliphatic carbocycles. The molecule has 0 aliphatic heterocycles. The predicted molar refractivity (Wildman–Crippen MR) is 169 cm³/mol. The molecule has 0 fully saturated rings. The van der Waals surface area contributed by atoms with Gasteiger partial charge in [-0.05, 0) is 60.8 Å². The molecule has 0 amide bonds. The van der Waals surface area contributed by atoms with Crippen molar-refractivity contribution in [2.24, 2.45) is 7.05 Å². The zero-order valence-electron chi connectivity index (χ0n) is 24.7. The van der Waals surface area contributed by atoms with E-state index in [0.717, 1.165) is 47.5 Å². The second kappa shape index (κ2) is 15.6. The number of aryl methyl sites for hydroxylation is 1. The van der Waals surface area contributed by atoms with Gasteiger partial charge in [0.05, 0.1) is 22.9 Å². The van der Waals surface area contributed by atoms with Gasteiger partial charge in [-0.15, -0.1) is 0 Å². The highest BCUT2D eigenvalue weighted by molar-refractivity contribution is 7.92. The third-order valence-electron chi connectivity index (χ3n) is 7.50. The van der Waals surface area contributed by atoms with E-state index >= 15 is 0 Å². The number of unbranched alkanes of at least 4 members (excludes halogenated alkanes) is 5. The standard InChI is InChI=1S/C33H43N5O3S/c1-3-4-5-6-7-8-11-33-36-24-31(38(33)2)27-14-18-30(19-15-27)42(40,41)37-29-16-12-26(13-17-29)20-22-35-25-32(39)28-10-9-21-34-23-28/h9-10,12-19,21,23-24,32,35,37,39H,3-8,11,20,22,25H2,1-2H3. The minimum Gasteiger partial charge on any atom is -0.387 e. The van der Waals surface area contributed by atoms with Crippen LogP contribution in [-0.4, -0.2) is 41.1 Å². The van der Waals surface area contributed by atoms with E-state index in [4.69, 9.17) is 0 Å². The summed E-state index contributed by atoms with van der Waals surface area (Å²) in [6.45, 7) is 3.35. The van der Waals surface area contributed by atoms with E-state index in [2.05, 4.69) is 31.5 Å². The fraction of sp³-hybridized carbons (Fsp3) is 0.394. The maximum Gasteiger partial charge on any atom is 0.261 e. The largest absolute Gasteiger partial charge is 0.387 e. The van der Waals surface area contributed by atoms with Crippen LogP contribution in [0.4, 0.5) is 5.69 Å². The van der Waals surface area contributed by atoms with Gasteiger partial charge in [0.25, 0.3) is 10.0 Å². The molecule has 0 radical (unpaired) electrons. The molecule has 2 heterocycles. The Morgan fingerprint density at radius 1 is 0.905 bits per heavy atom. The number of nitrogens with zero attached hydrogens (tertiary/aromatic N) is 3. The number of hydrogen-bond acceptors (Lipinski definition) is 6. The molecule has 8 nitrogen and oxygen atoms in total. The number of aromatic nitrogens is 3. The van der Waals surface area contributed by atoms with Crippen LogP contribution in [0.25, 0.3) is 11.3 Å². The molecule has 3 N–H and O–H groups in total. The highest BCUT2D eigenvalue weighted by atomic mass is 32.2. The Morgan fingerprint density at radius 3 is 2.36 bits per heavy atom. The summed E-state index contributed by atoms with van der Waals surface area (Å²) in [5, 5.41) is 13.5. The summed E-state index contributed by atoms with van der Waals surface area (Å²) in [5.41, 5.74) is 4.27. The summed E-state index contributed by atoms with van der Waals surface area (Å²) in [4.78, 5) is 8.86. The van der Waals surface area contributed by atoms with Crippen LogP contribution in [0, 0.1) is 0 Å². The molecule has 0 saturated carbocycles. The highest BCUT2D eigenvalue weighted by Crippen LogP contribution is 2.24. The monoisotopic (exact) mass is 589 g/mol. The molecule has 1 unspecified atom stereocenters. The summed E-state index contributed by atoms with van der Waals surface area (Å²) < 4.78 is 30.9. The molecule has 42 heavy (non-hydrogen) atoms. The van der Waals surface area contributed by atoms with Gasteiger partial charge in [-0.25, -0.2) is 13.4 Å². The third kappa shape index (κ3) is 8.98. The van der Waals surface area contributed by atoms with Crippen LogP contribution in [0.2, 0.25) is 0 Å². The van der Waals surface area contributed by atoms with Gasteiger partial charge in [0.2, 0.25) is 0 Å². The van der Waals surface area contributed by atoms with Crippen molar-refractivity contribution >= 4 is 15.7 Å². The number of sulfonamides is 1. The van der Waals surface area contributed by atoms with E-state index in [-0.39, 0.29) is 4.90 Å². The summed E-state index contributed by atoms with van der Waals surface area (Å²) in [5.74, 6) is 1.06. The molecule has 1 atom stereocenters. The van der Waals surface area contributed by atoms with Crippen LogP contribution in [0.1, 0.15) is 68.5 Å². The fourth-order valence-corrected chi connectivity index (χ4v) is 5.99. The summed E-state index contributed by atoms with van der Waals surface area (Å²) in [7, 11) is -1.71. The van der Waals surface area contributed by atoms with Crippen LogP contribution < -0.4 is 10.0 Å². The van der Waals surface area contributed by atoms with Gasteiger partial charge < -0.3 is 15.0 Å². The van der Waals surface area contributed by atoms with Gasteiger partial charge in [-0.3, -0.25) is 9.71 Å². The molecule has 2 aromatic carbocycles. The molecule has 0 saturated heterocycles. The topological polar surface area (TPSA) is 109 Å². The fourth-order valence-electron chi connectivity index (χ4n) is 4.93. The smallest absolute Gasteiger partial charge is 0.261 e. The first-order valence-corrected chi connectivity index (χ1v) is 16.4. The first-order valence-electron chi connectivity index (χ1n) is 14.9. The Hall–Kier alpha value is -3.53. The number of nitrogens with one attached hydrogen (secondary N) is 2. The Balaban J connectivity index is 1.26. The van der Waals surface area contributed by atoms with Crippen LogP contribution in [0.5, 0.6) is 0 Å². The second-order valence-corrected chi connectivity index (χ2v) is 12.4. The SMILES string of the molecule is CCCCCCCCc1ncc(-c2ccc(S(=O)(=O)Nc3ccc(CCNCC(O)c4cccnc4)cc3)cc2)n1C. The molecular weight excluding hydrogens is 546 g/mol. The maximum absolute atomic E-state index is 13.0. The first kappa shape index (κ1) is 31.4. The predicted octanol–water partition coefficient (Wildman–Crippen LogP) is 6.05. The molecule has 4 aromatic rings. The summed E-state index contributed by atoms with van der Waals surface area (Å²) in [6, 6.07) is 18.0. The third-order valence-corrected chi connectivity index (χ3v) is 8.90. The van der Waals surface area contributed by atoms with Crippen LogP contribution in [0.15, 0.2) is 84.1 Å². The van der Waals surface area contributed by atoms with Crippen molar-refractivity contribution in [2.45, 2.75) is 69.3 Å². The van der Waals surface area contributed by atoms with Crippen molar-refractivity contribution in [3.63, 3.8) is 0 Å². The zero-order valence-corrected chi connectivity index (χ0v) is 25.5. The van der Waals surface area contributed by atoms with Gasteiger partial charge in [0, 0.05) is 43.7 Å². The van der Waals surface area contributed by atoms with E-state index in [1.807, 2.05) is 43.6 Å². The number of hydrogen-bond donors (Lipinski definition) is 3. The highest BCUT2D eigenvalue weighted by Gasteiger charge is 2.16. The second-order valence-electron chi connectivity index (χ2n) is 10.7. The minimum atomic E-state index is -3.73. The molecule has 224 valence electrons. The lowest BCUT2D eigenvalue weighted by Crippen LogP contribution is -2.23. The Bertz CT molecular complexity index is 1470. The first-order chi connectivity index (χ1) is 20.4. The van der Waals surface area contributed by atoms with Gasteiger partial charge in [0.1, 0.15) is 5.82 Å². The number of rotatable bonds is 17. The molecule has 0 spiro atoms. The van der Waals surface area contributed by atoms with Crippen LogP contribution in [-0.2, 0) is 29.9 Å². The summed E-state index contributed by atoms with van der Waals surface area (Å²) in [6.07, 6.45) is 13.8. The van der Waals surface area contributed by atoms with Crippen molar-refractivity contribution in [1.29, 1.82) is 0 Å². The van der Waals surface area contributed by atoms with Gasteiger partial charge >= 0.3 is 0 Å². The quantitative estimate of drug-likeness (QED) is 0.129. The number of anilines is 1. The lowest BCUT2D eigenvalue weighted by atomic mass is 10.1. The zero-order chi connectivity index (χ0) is 29.8. The van der Waals surface area contributed by atoms with E-state index in [0.29, 0.717) is 18.8 Å². The van der Waals surface area contributed by atoms with E-state index in [1.54, 1.807) is 42.7 Å². The van der Waals surface area contributed by atoms with E-state index in [1.165, 1.54) is 32.1 Å². The molecule has 0 aliphatic rings. The lowest BCUT2D eigenvalue weighted by molar-refractivity contribution is 0.174. The molecule has 0 bridgehead atoms. The van der Waals surface area contributed by atoms with Crippen molar-refractivity contribution in [2.75, 3.05) is 17.8 Å². The number of pyridine rings is 1. The average Bonchev–Trinajstić information content (AvgIpc) is 3.38. The maximum atomic E-state index is 13.0. The minimum absolute atomic E-state index is 0.209. The number of imidazole rings is 1. The molecular formula is C33H43N5O3S. The van der Waals surface area contributed by atoms with Crippen LogP contribution >= 0.6 is 0 Å². The van der Waals surface area contributed by atoms with Crippen molar-refractivity contribution < 1.29 is 13.5 Å².